The molecule has 1 aromatic carbocycles. The summed E-state index contributed by atoms with van der Waals surface area (Å²) in [4.78, 5) is 2.62. The van der Waals surface area contributed by atoms with Gasteiger partial charge < -0.3 is 10.1 Å². The largest absolute Gasteiger partial charge is 0.383 e. The number of hydrogen-bond acceptors (Lipinski definition) is 3. The third-order valence-electron chi connectivity index (χ3n) is 4.37. The first-order valence-electron chi connectivity index (χ1n) is 8.36. The summed E-state index contributed by atoms with van der Waals surface area (Å²) in [6.45, 7) is 6.48. The summed E-state index contributed by atoms with van der Waals surface area (Å²) in [6, 6.07) is 11.8. The molecular formula is C18H30N2O. The van der Waals surface area contributed by atoms with Crippen LogP contribution < -0.4 is 5.32 Å². The maximum absolute atomic E-state index is 5.52. The fourth-order valence-electron chi connectivity index (χ4n) is 3.18. The molecule has 0 spiro atoms. The van der Waals surface area contributed by atoms with E-state index in [1.165, 1.54) is 37.8 Å². The first-order chi connectivity index (χ1) is 10.3. The predicted molar refractivity (Wildman–Crippen MR) is 88.6 cm³/mol. The molecule has 3 heteroatoms. The molecule has 118 valence electrons. The number of nitrogens with zero attached hydrogens (tertiary/aromatic N) is 1. The molecule has 2 unspecified atom stereocenters. The Balaban J connectivity index is 2.08. The van der Waals surface area contributed by atoms with Gasteiger partial charge in [-0.25, -0.2) is 0 Å². The highest BCUT2D eigenvalue weighted by molar-refractivity contribution is 5.19. The Bertz CT molecular complexity index is 376. The van der Waals surface area contributed by atoms with Crippen molar-refractivity contribution in [1.82, 2.24) is 10.2 Å². The topological polar surface area (TPSA) is 24.5 Å². The molecule has 1 saturated heterocycles. The lowest BCUT2D eigenvalue weighted by Gasteiger charge is -2.33. The maximum atomic E-state index is 5.52. The van der Waals surface area contributed by atoms with Crippen LogP contribution in [-0.2, 0) is 4.74 Å². The van der Waals surface area contributed by atoms with Gasteiger partial charge >= 0.3 is 0 Å². The SMILES string of the molecule is CCCCN(CC1CCCN1)C(COC)c1ccccc1. The van der Waals surface area contributed by atoms with E-state index in [-0.39, 0.29) is 0 Å². The van der Waals surface area contributed by atoms with Crippen LogP contribution in [0, 0.1) is 0 Å². The first kappa shape index (κ1) is 16.5. The Morgan fingerprint density at radius 3 is 2.76 bits per heavy atom. The van der Waals surface area contributed by atoms with Crippen molar-refractivity contribution in [2.75, 3.05) is 33.4 Å². The van der Waals surface area contributed by atoms with Crippen molar-refractivity contribution in [3.8, 4) is 0 Å². The van der Waals surface area contributed by atoms with Crippen LogP contribution >= 0.6 is 0 Å². The lowest BCUT2D eigenvalue weighted by atomic mass is 10.0. The average molecular weight is 290 g/mol. The summed E-state index contributed by atoms with van der Waals surface area (Å²) in [5.41, 5.74) is 1.37. The Hall–Kier alpha value is -0.900. The summed E-state index contributed by atoms with van der Waals surface area (Å²) in [7, 11) is 1.81. The highest BCUT2D eigenvalue weighted by Gasteiger charge is 2.24. The van der Waals surface area contributed by atoms with E-state index in [4.69, 9.17) is 4.74 Å². The standard InChI is InChI=1S/C18H30N2O/c1-3-4-13-20(14-17-11-8-12-19-17)18(15-21-2)16-9-6-5-7-10-16/h5-7,9-10,17-19H,3-4,8,11-15H2,1-2H3. The van der Waals surface area contributed by atoms with Crippen LogP contribution in [0.3, 0.4) is 0 Å². The summed E-state index contributed by atoms with van der Waals surface area (Å²) < 4.78 is 5.52. The van der Waals surface area contributed by atoms with Crippen LogP contribution in [0.1, 0.15) is 44.2 Å². The number of methoxy groups -OCH3 is 1. The van der Waals surface area contributed by atoms with Crippen molar-refractivity contribution in [3.63, 3.8) is 0 Å². The Kier molecular flexibility index (Phi) is 7.20. The molecule has 1 N–H and O–H groups in total. The van der Waals surface area contributed by atoms with Gasteiger partial charge in [-0.05, 0) is 37.9 Å². The van der Waals surface area contributed by atoms with Gasteiger partial charge in [-0.2, -0.15) is 0 Å². The monoisotopic (exact) mass is 290 g/mol. The lowest BCUT2D eigenvalue weighted by Crippen LogP contribution is -2.41. The normalized spacial score (nSPS) is 20.0. The highest BCUT2D eigenvalue weighted by atomic mass is 16.5. The van der Waals surface area contributed by atoms with E-state index in [0.29, 0.717) is 12.1 Å². The molecule has 0 aliphatic carbocycles. The first-order valence-corrected chi connectivity index (χ1v) is 8.36. The van der Waals surface area contributed by atoms with E-state index < -0.39 is 0 Å². The molecule has 1 aromatic rings. The van der Waals surface area contributed by atoms with Crippen molar-refractivity contribution < 1.29 is 4.74 Å². The van der Waals surface area contributed by atoms with Crippen LogP contribution in [0.5, 0.6) is 0 Å². The smallest absolute Gasteiger partial charge is 0.0659 e. The van der Waals surface area contributed by atoms with Gasteiger partial charge in [0.2, 0.25) is 0 Å². The molecule has 0 saturated carbocycles. The fourth-order valence-corrected chi connectivity index (χ4v) is 3.18. The number of benzene rings is 1. The number of unbranched alkanes of at least 4 members (excludes halogenated alkanes) is 1. The third kappa shape index (κ3) is 5.10. The minimum Gasteiger partial charge on any atom is -0.383 e. The van der Waals surface area contributed by atoms with Crippen molar-refractivity contribution in [3.05, 3.63) is 35.9 Å². The fraction of sp³-hybridized carbons (Fsp3) is 0.667. The van der Waals surface area contributed by atoms with Crippen molar-refractivity contribution in [2.45, 2.75) is 44.7 Å². The quantitative estimate of drug-likeness (QED) is 0.755. The average Bonchev–Trinajstić information content (AvgIpc) is 3.03. The second-order valence-corrected chi connectivity index (χ2v) is 6.02. The molecule has 0 aromatic heterocycles. The van der Waals surface area contributed by atoms with Gasteiger partial charge in [-0.15, -0.1) is 0 Å². The van der Waals surface area contributed by atoms with Crippen LogP contribution in [0.15, 0.2) is 30.3 Å². The summed E-state index contributed by atoms with van der Waals surface area (Å²) in [5.74, 6) is 0. The number of rotatable bonds is 9. The van der Waals surface area contributed by atoms with E-state index in [1.54, 1.807) is 0 Å². The Labute approximate surface area is 129 Å². The van der Waals surface area contributed by atoms with Crippen LogP contribution in [0.4, 0.5) is 0 Å². The molecule has 21 heavy (non-hydrogen) atoms. The lowest BCUT2D eigenvalue weighted by molar-refractivity contribution is 0.0828. The zero-order chi connectivity index (χ0) is 14.9. The molecular weight excluding hydrogens is 260 g/mol. The molecule has 3 nitrogen and oxygen atoms in total. The van der Waals surface area contributed by atoms with E-state index in [2.05, 4.69) is 47.5 Å². The van der Waals surface area contributed by atoms with E-state index in [1.807, 2.05) is 7.11 Å². The highest BCUT2D eigenvalue weighted by Crippen LogP contribution is 2.23. The van der Waals surface area contributed by atoms with Gasteiger partial charge in [0.25, 0.3) is 0 Å². The zero-order valence-electron chi connectivity index (χ0n) is 13.6. The molecule has 0 radical (unpaired) electrons. The minimum atomic E-state index is 0.366. The third-order valence-corrected chi connectivity index (χ3v) is 4.37. The van der Waals surface area contributed by atoms with Gasteiger partial charge in [-0.3, -0.25) is 4.90 Å². The maximum Gasteiger partial charge on any atom is 0.0659 e. The van der Waals surface area contributed by atoms with Gasteiger partial charge in [0.15, 0.2) is 0 Å². The molecule has 1 fully saturated rings. The molecule has 0 amide bonds. The second kappa shape index (κ2) is 9.19. The van der Waals surface area contributed by atoms with Crippen molar-refractivity contribution >= 4 is 0 Å². The molecule has 1 aliphatic rings. The Morgan fingerprint density at radius 2 is 2.14 bits per heavy atom. The molecule has 2 rings (SSSR count). The van der Waals surface area contributed by atoms with Gasteiger partial charge in [0.05, 0.1) is 12.6 Å². The van der Waals surface area contributed by atoms with Gasteiger partial charge in [0, 0.05) is 19.7 Å². The summed E-state index contributed by atoms with van der Waals surface area (Å²) >= 11 is 0. The van der Waals surface area contributed by atoms with Gasteiger partial charge in [-0.1, -0.05) is 43.7 Å². The van der Waals surface area contributed by atoms with E-state index in [0.717, 1.165) is 19.7 Å². The van der Waals surface area contributed by atoms with Crippen LogP contribution in [0.2, 0.25) is 0 Å². The van der Waals surface area contributed by atoms with Crippen LogP contribution in [0.25, 0.3) is 0 Å². The summed E-state index contributed by atoms with van der Waals surface area (Å²) in [5, 5.41) is 3.63. The zero-order valence-corrected chi connectivity index (χ0v) is 13.6. The number of ether oxygens (including phenoxy) is 1. The number of hydrogen-bond donors (Lipinski definition) is 1. The van der Waals surface area contributed by atoms with Crippen molar-refractivity contribution in [2.24, 2.45) is 0 Å². The van der Waals surface area contributed by atoms with Crippen LogP contribution in [-0.4, -0.2) is 44.3 Å². The molecule has 1 aliphatic heterocycles. The van der Waals surface area contributed by atoms with E-state index >= 15 is 0 Å². The van der Waals surface area contributed by atoms with Gasteiger partial charge in [0.1, 0.15) is 0 Å². The predicted octanol–water partition coefficient (Wildman–Crippen LogP) is 3.23. The van der Waals surface area contributed by atoms with Crippen molar-refractivity contribution in [1.29, 1.82) is 0 Å². The minimum absolute atomic E-state index is 0.366. The number of nitrogens with one attached hydrogen (secondary N) is 1. The molecule has 0 bridgehead atoms. The molecule has 1 heterocycles. The molecule has 2 atom stereocenters. The Morgan fingerprint density at radius 1 is 1.33 bits per heavy atom. The summed E-state index contributed by atoms with van der Waals surface area (Å²) in [6.07, 6.45) is 5.10. The van der Waals surface area contributed by atoms with E-state index in [9.17, 15) is 0 Å². The second-order valence-electron chi connectivity index (χ2n) is 6.02.